The molecule has 6 nitrogen and oxygen atoms in total. The fraction of sp³-hybridized carbons (Fsp3) is 0.348. The van der Waals surface area contributed by atoms with E-state index in [4.69, 9.17) is 20.9 Å². The highest BCUT2D eigenvalue weighted by atomic mass is 35.5. The van der Waals surface area contributed by atoms with Crippen LogP contribution in [0.15, 0.2) is 47.0 Å². The number of amides is 1. The highest BCUT2D eigenvalue weighted by molar-refractivity contribution is 6.32. The molecule has 7 heteroatoms. The summed E-state index contributed by atoms with van der Waals surface area (Å²) in [5.74, 6) is 1.44. The van der Waals surface area contributed by atoms with Crippen LogP contribution >= 0.6 is 11.6 Å². The van der Waals surface area contributed by atoms with E-state index in [1.165, 1.54) is 5.56 Å². The van der Waals surface area contributed by atoms with Gasteiger partial charge in [-0.3, -0.25) is 4.79 Å². The normalized spacial score (nSPS) is 16.9. The standard InChI is InChI=1S/C23H24ClN3O3/c1-23(2,3)16-7-5-14(6-8-16)22-25-21(26-30-22)15-11-20(28)27(13-15)17-9-10-19(29-4)18(24)12-17/h5-10,12,15H,11,13H2,1-4H3. The molecule has 30 heavy (non-hydrogen) atoms. The molecule has 1 atom stereocenters. The molecule has 1 amide bonds. The van der Waals surface area contributed by atoms with Crippen LogP contribution in [0.2, 0.25) is 5.02 Å². The third-order valence-corrected chi connectivity index (χ3v) is 5.67. The van der Waals surface area contributed by atoms with E-state index in [0.717, 1.165) is 11.3 Å². The second-order valence-electron chi connectivity index (χ2n) is 8.51. The second-order valence-corrected chi connectivity index (χ2v) is 8.92. The van der Waals surface area contributed by atoms with Crippen molar-refractivity contribution in [3.8, 4) is 17.2 Å². The molecular weight excluding hydrogens is 402 g/mol. The van der Waals surface area contributed by atoms with Crippen LogP contribution in [0.4, 0.5) is 5.69 Å². The van der Waals surface area contributed by atoms with Gasteiger partial charge in [-0.05, 0) is 41.3 Å². The largest absolute Gasteiger partial charge is 0.495 e. The number of benzene rings is 2. The Kier molecular flexibility index (Phi) is 5.28. The Bertz CT molecular complexity index is 1070. The van der Waals surface area contributed by atoms with Crippen LogP contribution in [0.25, 0.3) is 11.5 Å². The maximum Gasteiger partial charge on any atom is 0.257 e. The third-order valence-electron chi connectivity index (χ3n) is 5.38. The van der Waals surface area contributed by atoms with Gasteiger partial charge in [-0.1, -0.05) is 49.7 Å². The Morgan fingerprint density at radius 1 is 1.17 bits per heavy atom. The summed E-state index contributed by atoms with van der Waals surface area (Å²) in [4.78, 5) is 18.9. The smallest absolute Gasteiger partial charge is 0.257 e. The molecule has 0 spiro atoms. The van der Waals surface area contributed by atoms with E-state index in [-0.39, 0.29) is 17.2 Å². The molecule has 1 aliphatic heterocycles. The maximum absolute atomic E-state index is 12.6. The van der Waals surface area contributed by atoms with Crippen molar-refractivity contribution in [2.75, 3.05) is 18.6 Å². The highest BCUT2D eigenvalue weighted by Gasteiger charge is 2.35. The average Bonchev–Trinajstić information content (AvgIpc) is 3.34. The minimum absolute atomic E-state index is 0.00196. The minimum Gasteiger partial charge on any atom is -0.495 e. The molecule has 1 aromatic heterocycles. The van der Waals surface area contributed by atoms with Crippen LogP contribution in [-0.2, 0) is 10.2 Å². The van der Waals surface area contributed by atoms with Crippen LogP contribution in [-0.4, -0.2) is 29.7 Å². The van der Waals surface area contributed by atoms with E-state index in [0.29, 0.717) is 35.5 Å². The number of hydrogen-bond acceptors (Lipinski definition) is 5. The Morgan fingerprint density at radius 3 is 2.53 bits per heavy atom. The van der Waals surface area contributed by atoms with Crippen LogP contribution in [0.3, 0.4) is 0 Å². The van der Waals surface area contributed by atoms with Crippen molar-refractivity contribution < 1.29 is 14.1 Å². The lowest BCUT2D eigenvalue weighted by atomic mass is 9.87. The van der Waals surface area contributed by atoms with Gasteiger partial charge in [0.25, 0.3) is 5.89 Å². The molecule has 3 aromatic rings. The number of halogens is 1. The summed E-state index contributed by atoms with van der Waals surface area (Å²) < 4.78 is 10.7. The highest BCUT2D eigenvalue weighted by Crippen LogP contribution is 2.35. The Morgan fingerprint density at radius 2 is 1.90 bits per heavy atom. The lowest BCUT2D eigenvalue weighted by Crippen LogP contribution is -2.24. The molecule has 1 fully saturated rings. The van der Waals surface area contributed by atoms with Gasteiger partial charge in [-0.15, -0.1) is 0 Å². The van der Waals surface area contributed by atoms with E-state index in [1.54, 1.807) is 24.1 Å². The number of hydrogen-bond donors (Lipinski definition) is 0. The molecule has 0 radical (unpaired) electrons. The molecule has 156 valence electrons. The zero-order valence-corrected chi connectivity index (χ0v) is 18.2. The summed E-state index contributed by atoms with van der Waals surface area (Å²) in [6.07, 6.45) is 0.325. The van der Waals surface area contributed by atoms with Gasteiger partial charge in [0.15, 0.2) is 5.82 Å². The predicted octanol–water partition coefficient (Wildman–Crippen LogP) is 5.22. The van der Waals surface area contributed by atoms with Gasteiger partial charge in [0.05, 0.1) is 12.1 Å². The van der Waals surface area contributed by atoms with Gasteiger partial charge in [0.1, 0.15) is 5.75 Å². The number of rotatable bonds is 4. The van der Waals surface area contributed by atoms with Crippen molar-refractivity contribution in [3.63, 3.8) is 0 Å². The first-order chi connectivity index (χ1) is 14.3. The molecule has 0 saturated carbocycles. The summed E-state index contributed by atoms with van der Waals surface area (Å²) in [6, 6.07) is 13.4. The summed E-state index contributed by atoms with van der Waals surface area (Å²) in [5.41, 5.74) is 2.91. The quantitative estimate of drug-likeness (QED) is 0.573. The van der Waals surface area contributed by atoms with Crippen molar-refractivity contribution in [1.82, 2.24) is 10.1 Å². The van der Waals surface area contributed by atoms with E-state index in [1.807, 2.05) is 18.2 Å². The number of anilines is 1. The fourth-order valence-corrected chi connectivity index (χ4v) is 3.84. The average molecular weight is 426 g/mol. The first kappa shape index (κ1) is 20.4. The number of ether oxygens (including phenoxy) is 1. The van der Waals surface area contributed by atoms with Crippen LogP contribution in [0, 0.1) is 0 Å². The predicted molar refractivity (Wildman–Crippen MR) is 116 cm³/mol. The van der Waals surface area contributed by atoms with E-state index >= 15 is 0 Å². The van der Waals surface area contributed by atoms with E-state index in [9.17, 15) is 4.79 Å². The van der Waals surface area contributed by atoms with Gasteiger partial charge >= 0.3 is 0 Å². The van der Waals surface area contributed by atoms with Gasteiger partial charge in [-0.2, -0.15) is 4.98 Å². The van der Waals surface area contributed by atoms with Crippen molar-refractivity contribution >= 4 is 23.2 Å². The lowest BCUT2D eigenvalue weighted by molar-refractivity contribution is -0.117. The molecule has 0 aliphatic carbocycles. The summed E-state index contributed by atoms with van der Waals surface area (Å²) in [7, 11) is 1.56. The minimum atomic E-state index is -0.135. The van der Waals surface area contributed by atoms with Crippen LogP contribution in [0.1, 0.15) is 44.5 Å². The number of carbonyl (C=O) groups is 1. The van der Waals surface area contributed by atoms with Crippen molar-refractivity contribution in [2.24, 2.45) is 0 Å². The van der Waals surface area contributed by atoms with Crippen molar-refractivity contribution in [3.05, 3.63) is 58.9 Å². The second kappa shape index (κ2) is 7.76. The van der Waals surface area contributed by atoms with Gasteiger partial charge < -0.3 is 14.2 Å². The fourth-order valence-electron chi connectivity index (χ4n) is 3.58. The Labute approximate surface area is 180 Å². The Balaban J connectivity index is 1.52. The van der Waals surface area contributed by atoms with Gasteiger partial charge in [0, 0.05) is 30.1 Å². The molecule has 0 N–H and O–H groups in total. The number of aromatic nitrogens is 2. The molecule has 0 bridgehead atoms. The van der Waals surface area contributed by atoms with Crippen LogP contribution in [0.5, 0.6) is 5.75 Å². The number of nitrogens with zero attached hydrogens (tertiary/aromatic N) is 3. The zero-order chi connectivity index (χ0) is 21.5. The summed E-state index contributed by atoms with van der Waals surface area (Å²) in [5, 5.41) is 4.61. The van der Waals surface area contributed by atoms with Crippen molar-refractivity contribution in [1.29, 1.82) is 0 Å². The first-order valence-electron chi connectivity index (χ1n) is 9.84. The molecule has 4 rings (SSSR count). The molecule has 1 saturated heterocycles. The SMILES string of the molecule is COc1ccc(N2CC(c3noc(-c4ccc(C(C)(C)C)cc4)n3)CC2=O)cc1Cl. The van der Waals surface area contributed by atoms with Gasteiger partial charge in [0.2, 0.25) is 5.91 Å². The molecule has 1 aliphatic rings. The molecule has 2 aromatic carbocycles. The lowest BCUT2D eigenvalue weighted by Gasteiger charge is -2.18. The monoisotopic (exact) mass is 425 g/mol. The molecular formula is C23H24ClN3O3. The summed E-state index contributed by atoms with van der Waals surface area (Å²) >= 11 is 6.22. The zero-order valence-electron chi connectivity index (χ0n) is 17.5. The maximum atomic E-state index is 12.6. The number of methoxy groups -OCH3 is 1. The van der Waals surface area contributed by atoms with Crippen molar-refractivity contribution in [2.45, 2.75) is 38.5 Å². The van der Waals surface area contributed by atoms with E-state index < -0.39 is 0 Å². The molecule has 2 heterocycles. The third kappa shape index (κ3) is 3.92. The molecule has 1 unspecified atom stereocenters. The van der Waals surface area contributed by atoms with E-state index in [2.05, 4.69) is 43.0 Å². The topological polar surface area (TPSA) is 68.5 Å². The number of carbonyl (C=O) groups excluding carboxylic acids is 1. The van der Waals surface area contributed by atoms with Gasteiger partial charge in [-0.25, -0.2) is 0 Å². The first-order valence-corrected chi connectivity index (χ1v) is 10.2. The summed E-state index contributed by atoms with van der Waals surface area (Å²) in [6.45, 7) is 6.99. The van der Waals surface area contributed by atoms with Crippen LogP contribution < -0.4 is 9.64 Å². The Hall–Kier alpha value is -2.86.